The highest BCUT2D eigenvalue weighted by Gasteiger charge is 2.11. The highest BCUT2D eigenvalue weighted by atomic mass is 32.2. The molecule has 0 aromatic heterocycles. The predicted octanol–water partition coefficient (Wildman–Crippen LogP) is 2.04. The van der Waals surface area contributed by atoms with Gasteiger partial charge in [-0.3, -0.25) is 4.79 Å². The molecule has 0 aliphatic rings. The molecule has 5 heteroatoms. The van der Waals surface area contributed by atoms with Crippen LogP contribution in [-0.4, -0.2) is 36.2 Å². The van der Waals surface area contributed by atoms with Crippen molar-refractivity contribution in [2.75, 3.05) is 25.2 Å². The van der Waals surface area contributed by atoms with Gasteiger partial charge in [0.25, 0.3) is 5.91 Å². The Morgan fingerprint density at radius 1 is 1.50 bits per heavy atom. The second-order valence-corrected chi connectivity index (χ2v) is 5.06. The summed E-state index contributed by atoms with van der Waals surface area (Å²) in [5, 5.41) is 11.3. The van der Waals surface area contributed by atoms with Gasteiger partial charge in [0.2, 0.25) is 0 Å². The molecule has 0 spiro atoms. The third-order valence-electron chi connectivity index (χ3n) is 2.49. The number of carbonyl (C=O) groups is 1. The fourth-order valence-corrected chi connectivity index (χ4v) is 1.94. The summed E-state index contributed by atoms with van der Waals surface area (Å²) in [6.45, 7) is 0.510. The van der Waals surface area contributed by atoms with Crippen molar-refractivity contribution in [2.24, 2.45) is 0 Å². The van der Waals surface area contributed by atoms with Gasteiger partial charge in [0.15, 0.2) is 0 Å². The van der Waals surface area contributed by atoms with E-state index in [4.69, 9.17) is 5.11 Å². The third-order valence-corrected chi connectivity index (χ3v) is 3.19. The molecule has 0 heterocycles. The number of amides is 1. The summed E-state index contributed by atoms with van der Waals surface area (Å²) in [6, 6.07) is 4.19. The van der Waals surface area contributed by atoms with Crippen LogP contribution in [0.1, 0.15) is 28.8 Å². The molecule has 0 aliphatic heterocycles. The van der Waals surface area contributed by atoms with Crippen LogP contribution in [0.15, 0.2) is 18.2 Å². The second kappa shape index (κ2) is 9.40. The van der Waals surface area contributed by atoms with E-state index in [1.807, 2.05) is 6.26 Å². The minimum Gasteiger partial charge on any atom is -0.395 e. The molecule has 20 heavy (non-hydrogen) atoms. The lowest BCUT2D eigenvalue weighted by molar-refractivity contribution is 0.0949. The maximum Gasteiger partial charge on any atom is 0.254 e. The maximum atomic E-state index is 13.6. The molecule has 0 fully saturated rings. The van der Waals surface area contributed by atoms with Gasteiger partial charge in [0, 0.05) is 18.5 Å². The topological polar surface area (TPSA) is 49.3 Å². The molecule has 1 amide bonds. The average molecular weight is 295 g/mol. The van der Waals surface area contributed by atoms with E-state index in [0.29, 0.717) is 18.5 Å². The van der Waals surface area contributed by atoms with E-state index in [-0.39, 0.29) is 12.2 Å². The number of hydrogen-bond acceptors (Lipinski definition) is 3. The second-order valence-electron chi connectivity index (χ2n) is 4.07. The molecule has 1 aromatic rings. The van der Waals surface area contributed by atoms with Crippen LogP contribution in [0.25, 0.3) is 0 Å². The largest absolute Gasteiger partial charge is 0.395 e. The van der Waals surface area contributed by atoms with Crippen LogP contribution in [0.5, 0.6) is 0 Å². The van der Waals surface area contributed by atoms with Crippen molar-refractivity contribution in [3.8, 4) is 11.8 Å². The lowest BCUT2D eigenvalue weighted by Gasteiger charge is -2.06. The lowest BCUT2D eigenvalue weighted by atomic mass is 10.1. The molecule has 0 saturated heterocycles. The molecular formula is C15H18FNO2S. The maximum absolute atomic E-state index is 13.6. The van der Waals surface area contributed by atoms with E-state index in [9.17, 15) is 9.18 Å². The van der Waals surface area contributed by atoms with Gasteiger partial charge < -0.3 is 10.4 Å². The summed E-state index contributed by atoms with van der Waals surface area (Å²) >= 11 is 1.70. The molecule has 1 aromatic carbocycles. The third kappa shape index (κ3) is 5.64. The molecular weight excluding hydrogens is 277 g/mol. The number of thioether (sulfide) groups is 1. The first-order valence-electron chi connectivity index (χ1n) is 6.35. The molecule has 108 valence electrons. The smallest absolute Gasteiger partial charge is 0.254 e. The van der Waals surface area contributed by atoms with E-state index in [1.54, 1.807) is 11.8 Å². The first-order chi connectivity index (χ1) is 9.69. The van der Waals surface area contributed by atoms with Crippen LogP contribution in [0.2, 0.25) is 0 Å². The zero-order valence-corrected chi connectivity index (χ0v) is 12.2. The van der Waals surface area contributed by atoms with Gasteiger partial charge in [-0.25, -0.2) is 4.39 Å². The fourth-order valence-electron chi connectivity index (χ4n) is 1.51. The van der Waals surface area contributed by atoms with Gasteiger partial charge in [-0.05, 0) is 36.6 Å². The van der Waals surface area contributed by atoms with Crippen LogP contribution < -0.4 is 5.32 Å². The van der Waals surface area contributed by atoms with Gasteiger partial charge in [0.1, 0.15) is 5.82 Å². The summed E-state index contributed by atoms with van der Waals surface area (Å²) in [4.78, 5) is 11.9. The summed E-state index contributed by atoms with van der Waals surface area (Å²) in [7, 11) is 0. The Labute approximate surface area is 123 Å². The van der Waals surface area contributed by atoms with Gasteiger partial charge in [-0.2, -0.15) is 11.8 Å². The number of hydrogen-bond donors (Lipinski definition) is 2. The fraction of sp³-hybridized carbons (Fsp3) is 0.400. The van der Waals surface area contributed by atoms with Crippen molar-refractivity contribution in [1.29, 1.82) is 0 Å². The first kappa shape index (κ1) is 16.5. The van der Waals surface area contributed by atoms with Crippen LogP contribution in [0, 0.1) is 17.7 Å². The van der Waals surface area contributed by atoms with Gasteiger partial charge in [-0.15, -0.1) is 0 Å². The summed E-state index contributed by atoms with van der Waals surface area (Å²) in [5.74, 6) is 5.50. The Kier molecular flexibility index (Phi) is 7.78. The Bertz CT molecular complexity index is 508. The number of benzene rings is 1. The van der Waals surface area contributed by atoms with Gasteiger partial charge in [-0.1, -0.05) is 11.8 Å². The number of aliphatic hydroxyl groups excluding tert-OH is 1. The highest BCUT2D eigenvalue weighted by Crippen LogP contribution is 2.10. The molecule has 3 nitrogen and oxygen atoms in total. The van der Waals surface area contributed by atoms with E-state index >= 15 is 0 Å². The molecule has 0 radical (unpaired) electrons. The van der Waals surface area contributed by atoms with Crippen molar-refractivity contribution >= 4 is 17.7 Å². The predicted molar refractivity (Wildman–Crippen MR) is 80.3 cm³/mol. The Balaban J connectivity index is 2.71. The zero-order valence-electron chi connectivity index (χ0n) is 11.4. The molecule has 0 bridgehead atoms. The van der Waals surface area contributed by atoms with Crippen LogP contribution in [-0.2, 0) is 0 Å². The van der Waals surface area contributed by atoms with Crippen LogP contribution in [0.4, 0.5) is 4.39 Å². The minimum absolute atomic E-state index is 0.00458. The quantitative estimate of drug-likeness (QED) is 0.624. The highest BCUT2D eigenvalue weighted by molar-refractivity contribution is 7.98. The molecule has 1 rings (SSSR count). The Morgan fingerprint density at radius 3 is 3.00 bits per heavy atom. The lowest BCUT2D eigenvalue weighted by Crippen LogP contribution is -2.25. The summed E-state index contributed by atoms with van der Waals surface area (Å²) in [5.41, 5.74) is 0.569. The van der Waals surface area contributed by atoms with Crippen molar-refractivity contribution < 1.29 is 14.3 Å². The van der Waals surface area contributed by atoms with E-state index in [1.165, 1.54) is 18.2 Å². The van der Waals surface area contributed by atoms with Crippen molar-refractivity contribution in [1.82, 2.24) is 5.32 Å². The SMILES string of the molecule is CSCCCNC(=O)c1cc(C#CCCO)ccc1F. The Hall–Kier alpha value is -1.51. The molecule has 0 unspecified atom stereocenters. The van der Waals surface area contributed by atoms with Crippen molar-refractivity contribution in [2.45, 2.75) is 12.8 Å². The number of aliphatic hydroxyl groups is 1. The van der Waals surface area contributed by atoms with E-state index in [2.05, 4.69) is 17.2 Å². The van der Waals surface area contributed by atoms with E-state index in [0.717, 1.165) is 12.2 Å². The zero-order chi connectivity index (χ0) is 14.8. The van der Waals surface area contributed by atoms with Crippen molar-refractivity contribution in [3.63, 3.8) is 0 Å². The summed E-state index contributed by atoms with van der Waals surface area (Å²) < 4.78 is 13.6. The number of carbonyl (C=O) groups excluding carboxylic acids is 1. The van der Waals surface area contributed by atoms with Gasteiger partial charge >= 0.3 is 0 Å². The summed E-state index contributed by atoms with van der Waals surface area (Å²) in [6.07, 6.45) is 3.20. The Morgan fingerprint density at radius 2 is 2.30 bits per heavy atom. The molecule has 0 atom stereocenters. The molecule has 0 saturated carbocycles. The van der Waals surface area contributed by atoms with Crippen LogP contribution in [0.3, 0.4) is 0 Å². The van der Waals surface area contributed by atoms with E-state index < -0.39 is 11.7 Å². The van der Waals surface area contributed by atoms with Gasteiger partial charge in [0.05, 0.1) is 12.2 Å². The van der Waals surface area contributed by atoms with Crippen LogP contribution >= 0.6 is 11.8 Å². The number of rotatable bonds is 6. The standard InChI is InChI=1S/C15H18FNO2S/c1-20-10-4-8-17-15(19)13-11-12(5-2-3-9-18)6-7-14(13)16/h6-7,11,18H,3-4,8-10H2,1H3,(H,17,19). The number of halogens is 1. The monoisotopic (exact) mass is 295 g/mol. The van der Waals surface area contributed by atoms with Crippen molar-refractivity contribution in [3.05, 3.63) is 35.1 Å². The molecule has 0 aliphatic carbocycles. The number of nitrogens with one attached hydrogen (secondary N) is 1. The minimum atomic E-state index is -0.555. The average Bonchev–Trinajstić information content (AvgIpc) is 2.45. The first-order valence-corrected chi connectivity index (χ1v) is 7.75. The normalized spacial score (nSPS) is 9.75. The molecule has 2 N–H and O–H groups in total.